The van der Waals surface area contributed by atoms with Crippen molar-refractivity contribution in [2.24, 2.45) is 0 Å². The molecule has 0 aromatic heterocycles. The second-order valence-corrected chi connectivity index (χ2v) is 4.62. The molecule has 1 aromatic rings. The van der Waals surface area contributed by atoms with Gasteiger partial charge in [-0.3, -0.25) is 0 Å². The summed E-state index contributed by atoms with van der Waals surface area (Å²) in [5.41, 5.74) is 1.80. The summed E-state index contributed by atoms with van der Waals surface area (Å²) in [6.07, 6.45) is 0.645. The average Bonchev–Trinajstić information content (AvgIpc) is 2.34. The first-order chi connectivity index (χ1) is 8.49. The Morgan fingerprint density at radius 1 is 1.50 bits per heavy atom. The van der Waals surface area contributed by atoms with Gasteiger partial charge >= 0.3 is 5.97 Å². The zero-order valence-electron chi connectivity index (χ0n) is 11.2. The number of hydrogen-bond donors (Lipinski definition) is 1. The van der Waals surface area contributed by atoms with Crippen molar-refractivity contribution in [3.05, 3.63) is 23.2 Å². The zero-order valence-corrected chi connectivity index (χ0v) is 11.9. The lowest BCUT2D eigenvalue weighted by Gasteiger charge is -2.22. The van der Waals surface area contributed by atoms with Crippen LogP contribution in [0, 0.1) is 0 Å². The maximum Gasteiger partial charge on any atom is 0.328 e. The fourth-order valence-corrected chi connectivity index (χ4v) is 1.84. The van der Waals surface area contributed by atoms with E-state index in [4.69, 9.17) is 16.3 Å². The van der Waals surface area contributed by atoms with E-state index < -0.39 is 0 Å². The van der Waals surface area contributed by atoms with Crippen LogP contribution in [0.1, 0.15) is 13.3 Å². The van der Waals surface area contributed by atoms with Crippen LogP contribution in [0.4, 0.5) is 11.4 Å². The van der Waals surface area contributed by atoms with Gasteiger partial charge in [-0.1, -0.05) is 18.5 Å². The van der Waals surface area contributed by atoms with Gasteiger partial charge < -0.3 is 15.0 Å². The Bertz CT molecular complexity index is 421. The number of rotatable bonds is 5. The highest BCUT2D eigenvalue weighted by atomic mass is 35.5. The Balaban J connectivity index is 3.00. The summed E-state index contributed by atoms with van der Waals surface area (Å²) < 4.78 is 4.76. The molecule has 0 fully saturated rings. The van der Waals surface area contributed by atoms with Gasteiger partial charge in [-0.2, -0.15) is 0 Å². The first kappa shape index (κ1) is 14.6. The van der Waals surface area contributed by atoms with E-state index in [1.54, 1.807) is 0 Å². The average molecular weight is 271 g/mol. The number of halogens is 1. The van der Waals surface area contributed by atoms with Crippen molar-refractivity contribution in [3.63, 3.8) is 0 Å². The Morgan fingerprint density at radius 3 is 2.67 bits per heavy atom. The van der Waals surface area contributed by atoms with Crippen molar-refractivity contribution >= 4 is 28.9 Å². The molecule has 0 saturated carbocycles. The molecule has 1 rings (SSSR count). The molecule has 1 N–H and O–H groups in total. The van der Waals surface area contributed by atoms with E-state index in [9.17, 15) is 4.79 Å². The summed E-state index contributed by atoms with van der Waals surface area (Å²) in [6, 6.07) is 5.17. The van der Waals surface area contributed by atoms with Gasteiger partial charge in [0.2, 0.25) is 0 Å². The van der Waals surface area contributed by atoms with E-state index in [1.165, 1.54) is 7.11 Å². The van der Waals surface area contributed by atoms with Crippen LogP contribution in [0.3, 0.4) is 0 Å². The summed E-state index contributed by atoms with van der Waals surface area (Å²) in [4.78, 5) is 13.5. The van der Waals surface area contributed by atoms with Crippen molar-refractivity contribution in [2.45, 2.75) is 19.4 Å². The Hall–Kier alpha value is -1.42. The molecule has 0 aliphatic carbocycles. The van der Waals surface area contributed by atoms with Gasteiger partial charge in [0.05, 0.1) is 18.5 Å². The van der Waals surface area contributed by atoms with Crippen LogP contribution in [-0.2, 0) is 9.53 Å². The largest absolute Gasteiger partial charge is 0.467 e. The van der Waals surface area contributed by atoms with E-state index in [2.05, 4.69) is 5.32 Å². The first-order valence-electron chi connectivity index (χ1n) is 5.80. The van der Waals surface area contributed by atoms with Crippen molar-refractivity contribution in [1.82, 2.24) is 0 Å². The van der Waals surface area contributed by atoms with Crippen LogP contribution in [-0.4, -0.2) is 33.2 Å². The van der Waals surface area contributed by atoms with E-state index in [1.807, 2.05) is 44.1 Å². The van der Waals surface area contributed by atoms with Crippen LogP contribution >= 0.6 is 11.6 Å². The van der Waals surface area contributed by atoms with Gasteiger partial charge in [-0.05, 0) is 24.6 Å². The normalized spacial score (nSPS) is 11.8. The second kappa shape index (κ2) is 6.50. The fourth-order valence-electron chi connectivity index (χ4n) is 1.67. The number of hydrogen-bond acceptors (Lipinski definition) is 4. The molecule has 0 bridgehead atoms. The molecule has 0 amide bonds. The molecule has 1 aromatic carbocycles. The monoisotopic (exact) mass is 270 g/mol. The molecule has 1 unspecified atom stereocenters. The molecular formula is C13H19ClN2O2. The van der Waals surface area contributed by atoms with Gasteiger partial charge in [0.25, 0.3) is 0 Å². The van der Waals surface area contributed by atoms with Crippen LogP contribution in [0.5, 0.6) is 0 Å². The van der Waals surface area contributed by atoms with Gasteiger partial charge in [0.1, 0.15) is 6.04 Å². The molecular weight excluding hydrogens is 252 g/mol. The van der Waals surface area contributed by atoms with Gasteiger partial charge in [-0.15, -0.1) is 0 Å². The number of carbonyl (C=O) groups is 1. The standard InChI is InChI=1S/C13H19ClN2O2/c1-5-10(13(17)18-4)15-11-8-9(14)6-7-12(11)16(2)3/h6-8,10,15H,5H2,1-4H3. The summed E-state index contributed by atoms with van der Waals surface area (Å²) >= 11 is 5.99. The Labute approximate surface area is 113 Å². The third-order valence-electron chi connectivity index (χ3n) is 2.66. The van der Waals surface area contributed by atoms with Crippen molar-refractivity contribution in [1.29, 1.82) is 0 Å². The maximum atomic E-state index is 11.6. The van der Waals surface area contributed by atoms with Crippen molar-refractivity contribution in [2.75, 3.05) is 31.4 Å². The maximum absolute atomic E-state index is 11.6. The smallest absolute Gasteiger partial charge is 0.328 e. The lowest BCUT2D eigenvalue weighted by atomic mass is 10.2. The first-order valence-corrected chi connectivity index (χ1v) is 6.18. The molecule has 4 nitrogen and oxygen atoms in total. The SMILES string of the molecule is CCC(Nc1cc(Cl)ccc1N(C)C)C(=O)OC. The number of nitrogens with one attached hydrogen (secondary N) is 1. The molecule has 18 heavy (non-hydrogen) atoms. The van der Waals surface area contributed by atoms with Crippen LogP contribution < -0.4 is 10.2 Å². The number of anilines is 2. The van der Waals surface area contributed by atoms with Gasteiger partial charge in [0.15, 0.2) is 0 Å². The molecule has 0 aliphatic heterocycles. The molecule has 0 spiro atoms. The van der Waals surface area contributed by atoms with Gasteiger partial charge in [-0.25, -0.2) is 4.79 Å². The van der Waals surface area contributed by atoms with Crippen molar-refractivity contribution in [3.8, 4) is 0 Å². The van der Waals surface area contributed by atoms with Crippen molar-refractivity contribution < 1.29 is 9.53 Å². The third kappa shape index (κ3) is 3.53. The summed E-state index contributed by atoms with van der Waals surface area (Å²) in [6.45, 7) is 1.93. The molecule has 1 atom stereocenters. The zero-order chi connectivity index (χ0) is 13.7. The Kier molecular flexibility index (Phi) is 5.28. The predicted molar refractivity (Wildman–Crippen MR) is 75.5 cm³/mol. The minimum absolute atomic E-state index is 0.276. The minimum Gasteiger partial charge on any atom is -0.467 e. The number of ether oxygens (including phenoxy) is 1. The van der Waals surface area contributed by atoms with Gasteiger partial charge in [0, 0.05) is 19.1 Å². The van der Waals surface area contributed by atoms with Crippen LogP contribution in [0.2, 0.25) is 5.02 Å². The number of methoxy groups -OCH3 is 1. The summed E-state index contributed by atoms with van der Waals surface area (Å²) in [5, 5.41) is 3.80. The topological polar surface area (TPSA) is 41.6 Å². The lowest BCUT2D eigenvalue weighted by Crippen LogP contribution is -2.30. The minimum atomic E-state index is -0.368. The molecule has 0 saturated heterocycles. The van der Waals surface area contributed by atoms with E-state index in [-0.39, 0.29) is 12.0 Å². The van der Waals surface area contributed by atoms with Crippen LogP contribution in [0.15, 0.2) is 18.2 Å². The highest BCUT2D eigenvalue weighted by Gasteiger charge is 2.18. The number of esters is 1. The van der Waals surface area contributed by atoms with E-state index >= 15 is 0 Å². The number of nitrogens with zero attached hydrogens (tertiary/aromatic N) is 1. The second-order valence-electron chi connectivity index (χ2n) is 4.18. The quantitative estimate of drug-likeness (QED) is 0.836. The lowest BCUT2D eigenvalue weighted by molar-refractivity contribution is -0.141. The Morgan fingerprint density at radius 2 is 2.17 bits per heavy atom. The molecule has 0 radical (unpaired) electrons. The predicted octanol–water partition coefficient (Wildman–Crippen LogP) is 2.77. The highest BCUT2D eigenvalue weighted by Crippen LogP contribution is 2.28. The summed E-state index contributed by atoms with van der Waals surface area (Å²) in [7, 11) is 5.26. The highest BCUT2D eigenvalue weighted by molar-refractivity contribution is 6.31. The molecule has 0 heterocycles. The molecule has 100 valence electrons. The molecule has 0 aliphatic rings. The molecule has 5 heteroatoms. The van der Waals surface area contributed by atoms with Crippen LogP contribution in [0.25, 0.3) is 0 Å². The van der Waals surface area contributed by atoms with E-state index in [0.717, 1.165) is 11.4 Å². The number of benzene rings is 1. The van der Waals surface area contributed by atoms with E-state index in [0.29, 0.717) is 11.4 Å². The fraction of sp³-hybridized carbons (Fsp3) is 0.462. The third-order valence-corrected chi connectivity index (χ3v) is 2.90. The summed E-state index contributed by atoms with van der Waals surface area (Å²) in [5.74, 6) is -0.276. The number of carbonyl (C=O) groups excluding carboxylic acids is 1.